The lowest BCUT2D eigenvalue weighted by atomic mass is 9.65. The average Bonchev–Trinajstić information content (AvgIpc) is 2.67. The third-order valence-corrected chi connectivity index (χ3v) is 5.65. The minimum absolute atomic E-state index is 0.482. The molecule has 0 aromatic heterocycles. The number of aryl methyl sites for hydroxylation is 1. The lowest BCUT2D eigenvalue weighted by Crippen LogP contribution is -2.37. The van der Waals surface area contributed by atoms with Crippen LogP contribution < -0.4 is 0 Å². The van der Waals surface area contributed by atoms with Crippen molar-refractivity contribution in [2.24, 2.45) is 5.41 Å². The Morgan fingerprint density at radius 3 is 1.80 bits per heavy atom. The first-order chi connectivity index (χ1) is 12.1. The van der Waals surface area contributed by atoms with Crippen LogP contribution >= 0.6 is 0 Å². The minimum Gasteiger partial charge on any atom is -0.303 e. The SMILES string of the molecule is CC.CC.CCN(CC)CC(c1ccc(C)cc1)C1(C)CCCCC1. The largest absolute Gasteiger partial charge is 0.303 e. The Hall–Kier alpha value is -0.820. The first-order valence-electron chi connectivity index (χ1n) is 10.9. The van der Waals surface area contributed by atoms with Crippen molar-refractivity contribution in [2.75, 3.05) is 19.6 Å². The van der Waals surface area contributed by atoms with Crippen LogP contribution in [-0.2, 0) is 0 Å². The third kappa shape index (κ3) is 7.52. The monoisotopic (exact) mass is 347 g/mol. The molecule has 0 amide bonds. The maximum atomic E-state index is 2.60. The fourth-order valence-electron chi connectivity index (χ4n) is 3.97. The molecule has 146 valence electrons. The van der Waals surface area contributed by atoms with E-state index in [-0.39, 0.29) is 0 Å². The van der Waals surface area contributed by atoms with E-state index in [4.69, 9.17) is 0 Å². The summed E-state index contributed by atoms with van der Waals surface area (Å²) in [5, 5.41) is 0. The molecular weight excluding hydrogens is 302 g/mol. The average molecular weight is 348 g/mol. The molecule has 1 unspecified atom stereocenters. The van der Waals surface area contributed by atoms with E-state index in [1.165, 1.54) is 44.2 Å². The highest BCUT2D eigenvalue weighted by atomic mass is 15.1. The molecular formula is C24H45N. The quantitative estimate of drug-likeness (QED) is 0.516. The summed E-state index contributed by atoms with van der Waals surface area (Å²) in [5.74, 6) is 0.679. The summed E-state index contributed by atoms with van der Waals surface area (Å²) < 4.78 is 0. The van der Waals surface area contributed by atoms with Crippen LogP contribution in [0.4, 0.5) is 0 Å². The molecule has 1 saturated carbocycles. The lowest BCUT2D eigenvalue weighted by Gasteiger charge is -2.43. The Balaban J connectivity index is 0.00000134. The molecule has 1 aliphatic carbocycles. The van der Waals surface area contributed by atoms with Gasteiger partial charge in [0.25, 0.3) is 0 Å². The summed E-state index contributed by atoms with van der Waals surface area (Å²) in [6, 6.07) is 9.33. The van der Waals surface area contributed by atoms with Crippen molar-refractivity contribution in [1.29, 1.82) is 0 Å². The number of hydrogen-bond acceptors (Lipinski definition) is 1. The van der Waals surface area contributed by atoms with E-state index in [1.807, 2.05) is 27.7 Å². The van der Waals surface area contributed by atoms with Crippen LogP contribution in [0.25, 0.3) is 0 Å². The fourth-order valence-corrected chi connectivity index (χ4v) is 3.97. The normalized spacial score (nSPS) is 17.0. The molecule has 1 atom stereocenters. The van der Waals surface area contributed by atoms with E-state index in [0.29, 0.717) is 11.3 Å². The smallest absolute Gasteiger partial charge is 0.00553 e. The summed E-state index contributed by atoms with van der Waals surface area (Å²) in [7, 11) is 0. The summed E-state index contributed by atoms with van der Waals surface area (Å²) >= 11 is 0. The Kier molecular flexibility index (Phi) is 13.0. The van der Waals surface area contributed by atoms with Crippen LogP contribution in [-0.4, -0.2) is 24.5 Å². The third-order valence-electron chi connectivity index (χ3n) is 5.65. The Bertz CT molecular complexity index is 410. The van der Waals surface area contributed by atoms with Crippen molar-refractivity contribution in [3.8, 4) is 0 Å². The number of nitrogens with zero attached hydrogens (tertiary/aromatic N) is 1. The van der Waals surface area contributed by atoms with Gasteiger partial charge in [0.05, 0.1) is 0 Å². The number of likely N-dealkylation sites (N-methyl/N-ethyl adjacent to an activating group) is 1. The van der Waals surface area contributed by atoms with Crippen molar-refractivity contribution in [2.45, 2.75) is 93.4 Å². The van der Waals surface area contributed by atoms with Crippen molar-refractivity contribution in [1.82, 2.24) is 4.90 Å². The van der Waals surface area contributed by atoms with Gasteiger partial charge in [-0.15, -0.1) is 0 Å². The molecule has 0 aliphatic heterocycles. The maximum absolute atomic E-state index is 2.60. The molecule has 0 N–H and O–H groups in total. The van der Waals surface area contributed by atoms with Gasteiger partial charge >= 0.3 is 0 Å². The van der Waals surface area contributed by atoms with Gasteiger partial charge in [-0.05, 0) is 43.8 Å². The van der Waals surface area contributed by atoms with E-state index in [1.54, 1.807) is 5.56 Å². The van der Waals surface area contributed by atoms with E-state index >= 15 is 0 Å². The van der Waals surface area contributed by atoms with Gasteiger partial charge in [-0.3, -0.25) is 0 Å². The first kappa shape index (κ1) is 24.2. The van der Waals surface area contributed by atoms with Crippen molar-refractivity contribution in [3.63, 3.8) is 0 Å². The molecule has 2 rings (SSSR count). The number of hydrogen-bond donors (Lipinski definition) is 0. The molecule has 0 saturated heterocycles. The van der Waals surface area contributed by atoms with Crippen molar-refractivity contribution >= 4 is 0 Å². The molecule has 1 fully saturated rings. The van der Waals surface area contributed by atoms with Crippen LogP contribution in [0.5, 0.6) is 0 Å². The maximum Gasteiger partial charge on any atom is 0.00553 e. The second-order valence-electron chi connectivity index (χ2n) is 7.16. The van der Waals surface area contributed by atoms with Crippen LogP contribution in [0.3, 0.4) is 0 Å². The standard InChI is InChI=1S/C20H33N.2C2H6/c1-5-21(6-2)16-19(18-12-10-17(3)11-13-18)20(4)14-8-7-9-15-20;2*1-2/h10-13,19H,5-9,14-16H2,1-4H3;2*1-2H3. The fraction of sp³-hybridized carbons (Fsp3) is 0.750. The highest BCUT2D eigenvalue weighted by Crippen LogP contribution is 2.47. The molecule has 0 bridgehead atoms. The molecule has 1 aliphatic rings. The zero-order chi connectivity index (χ0) is 19.3. The highest BCUT2D eigenvalue weighted by molar-refractivity contribution is 5.27. The molecule has 1 heteroatoms. The van der Waals surface area contributed by atoms with E-state index < -0.39 is 0 Å². The molecule has 0 radical (unpaired) electrons. The Morgan fingerprint density at radius 1 is 0.880 bits per heavy atom. The minimum atomic E-state index is 0.482. The molecule has 1 nitrogen and oxygen atoms in total. The summed E-state index contributed by atoms with van der Waals surface area (Å²) in [6.07, 6.45) is 7.05. The van der Waals surface area contributed by atoms with Gasteiger partial charge in [-0.1, -0.05) is 97.6 Å². The van der Waals surface area contributed by atoms with Gasteiger partial charge in [0.15, 0.2) is 0 Å². The second kappa shape index (κ2) is 13.4. The molecule has 1 aromatic carbocycles. The molecule has 1 aromatic rings. The predicted octanol–water partition coefficient (Wildman–Crippen LogP) is 7.44. The van der Waals surface area contributed by atoms with Gasteiger partial charge < -0.3 is 4.90 Å². The van der Waals surface area contributed by atoms with E-state index in [0.717, 1.165) is 13.1 Å². The number of rotatable bonds is 6. The second-order valence-corrected chi connectivity index (χ2v) is 7.16. The van der Waals surface area contributed by atoms with Crippen LogP contribution in [0.2, 0.25) is 0 Å². The number of benzene rings is 1. The van der Waals surface area contributed by atoms with E-state index in [9.17, 15) is 0 Å². The Morgan fingerprint density at radius 2 is 1.36 bits per heavy atom. The molecule has 0 heterocycles. The topological polar surface area (TPSA) is 3.24 Å². The molecule has 25 heavy (non-hydrogen) atoms. The zero-order valence-corrected chi connectivity index (χ0v) is 18.5. The van der Waals surface area contributed by atoms with Gasteiger partial charge in [0.2, 0.25) is 0 Å². The van der Waals surface area contributed by atoms with Crippen LogP contribution in [0, 0.1) is 12.3 Å². The van der Waals surface area contributed by atoms with Gasteiger partial charge in [0, 0.05) is 12.5 Å². The predicted molar refractivity (Wildman–Crippen MR) is 116 cm³/mol. The lowest BCUT2D eigenvalue weighted by molar-refractivity contribution is 0.130. The van der Waals surface area contributed by atoms with E-state index in [2.05, 4.69) is 56.9 Å². The summed E-state index contributed by atoms with van der Waals surface area (Å²) in [5.41, 5.74) is 3.40. The Labute approximate surface area is 159 Å². The van der Waals surface area contributed by atoms with Crippen molar-refractivity contribution < 1.29 is 0 Å². The van der Waals surface area contributed by atoms with Gasteiger partial charge in [0.1, 0.15) is 0 Å². The molecule has 0 spiro atoms. The zero-order valence-electron chi connectivity index (χ0n) is 18.5. The van der Waals surface area contributed by atoms with Gasteiger partial charge in [-0.2, -0.15) is 0 Å². The first-order valence-corrected chi connectivity index (χ1v) is 10.9. The summed E-state index contributed by atoms with van der Waals surface area (Å²) in [6.45, 7) is 20.8. The highest BCUT2D eigenvalue weighted by Gasteiger charge is 2.36. The summed E-state index contributed by atoms with van der Waals surface area (Å²) in [4.78, 5) is 2.60. The van der Waals surface area contributed by atoms with Gasteiger partial charge in [-0.25, -0.2) is 0 Å². The van der Waals surface area contributed by atoms with Crippen LogP contribution in [0.1, 0.15) is 97.6 Å². The van der Waals surface area contributed by atoms with Crippen LogP contribution in [0.15, 0.2) is 24.3 Å². The van der Waals surface area contributed by atoms with Crippen molar-refractivity contribution in [3.05, 3.63) is 35.4 Å².